The Balaban J connectivity index is 2.14. The third-order valence-corrected chi connectivity index (χ3v) is 2.39. The summed E-state index contributed by atoms with van der Waals surface area (Å²) in [5.74, 6) is 0. The van der Waals surface area contributed by atoms with E-state index in [-0.39, 0.29) is 5.60 Å². The largest absolute Gasteiger partial charge is 0.465 e. The summed E-state index contributed by atoms with van der Waals surface area (Å²) < 4.78 is 5.25. The Hall–Kier alpha value is -0.810. The molecule has 0 aromatic carbocycles. The zero-order valence-electron chi connectivity index (χ0n) is 8.99. The lowest BCUT2D eigenvalue weighted by atomic mass is 10.2. The summed E-state index contributed by atoms with van der Waals surface area (Å²) in [6.45, 7) is 5.00. The number of carbonyl (C=O) groups is 1. The molecule has 14 heavy (non-hydrogen) atoms. The van der Waals surface area contributed by atoms with E-state index in [0.717, 1.165) is 19.7 Å². The van der Waals surface area contributed by atoms with Crippen LogP contribution in [0.15, 0.2) is 0 Å². The van der Waals surface area contributed by atoms with Crippen LogP contribution in [0.3, 0.4) is 0 Å². The van der Waals surface area contributed by atoms with Crippen LogP contribution in [-0.2, 0) is 4.74 Å². The van der Waals surface area contributed by atoms with Crippen LogP contribution in [0.4, 0.5) is 4.79 Å². The lowest BCUT2D eigenvalue weighted by Gasteiger charge is -2.21. The maximum Gasteiger partial charge on any atom is 0.407 e. The number of ether oxygens (including phenoxy) is 1. The van der Waals surface area contributed by atoms with Gasteiger partial charge in [0, 0.05) is 26.7 Å². The molecule has 1 rings (SSSR count). The molecule has 5 heteroatoms. The molecule has 1 saturated heterocycles. The quantitative estimate of drug-likeness (QED) is 0.652. The number of nitrogens with zero attached hydrogens (tertiary/aromatic N) is 2. The normalized spacial score (nSPS) is 25.1. The van der Waals surface area contributed by atoms with Gasteiger partial charge >= 0.3 is 6.09 Å². The first-order chi connectivity index (χ1) is 6.43. The summed E-state index contributed by atoms with van der Waals surface area (Å²) in [5, 5.41) is 8.62. The van der Waals surface area contributed by atoms with Crippen molar-refractivity contribution in [3.8, 4) is 0 Å². The minimum absolute atomic E-state index is 0.0105. The van der Waals surface area contributed by atoms with Crippen molar-refractivity contribution in [3.05, 3.63) is 0 Å². The van der Waals surface area contributed by atoms with E-state index in [1.165, 1.54) is 4.90 Å². The van der Waals surface area contributed by atoms with Gasteiger partial charge in [0.05, 0.1) is 6.61 Å². The average molecular weight is 202 g/mol. The molecular formula is C9H18N2O3. The Morgan fingerprint density at radius 3 is 2.50 bits per heavy atom. The van der Waals surface area contributed by atoms with E-state index in [9.17, 15) is 4.79 Å². The van der Waals surface area contributed by atoms with E-state index < -0.39 is 6.09 Å². The van der Waals surface area contributed by atoms with Gasteiger partial charge in [-0.05, 0) is 14.0 Å². The van der Waals surface area contributed by atoms with Gasteiger partial charge in [-0.3, -0.25) is 0 Å². The van der Waals surface area contributed by atoms with Gasteiger partial charge in [0.1, 0.15) is 5.60 Å². The first-order valence-electron chi connectivity index (χ1n) is 4.69. The van der Waals surface area contributed by atoms with Crippen LogP contribution in [0.1, 0.15) is 6.92 Å². The second kappa shape index (κ2) is 4.14. The lowest BCUT2D eigenvalue weighted by molar-refractivity contribution is 0.147. The van der Waals surface area contributed by atoms with Gasteiger partial charge in [-0.25, -0.2) is 4.79 Å². The molecule has 82 valence electrons. The van der Waals surface area contributed by atoms with Crippen molar-refractivity contribution < 1.29 is 14.6 Å². The maximum absolute atomic E-state index is 10.5. The highest BCUT2D eigenvalue weighted by Gasteiger charge is 2.39. The standard InChI is InChI=1S/C9H18N2O3/c1-9(7-14-9)6-10(2)4-5-11(3)8(12)13/h4-7H2,1-3H3,(H,12,13). The number of epoxide rings is 1. The van der Waals surface area contributed by atoms with Crippen molar-refractivity contribution >= 4 is 6.09 Å². The summed E-state index contributed by atoms with van der Waals surface area (Å²) in [5.41, 5.74) is 0.0105. The lowest BCUT2D eigenvalue weighted by Crippen LogP contribution is -2.37. The summed E-state index contributed by atoms with van der Waals surface area (Å²) in [6.07, 6.45) is -0.882. The Labute approximate surface area is 84.2 Å². The molecule has 1 unspecified atom stereocenters. The van der Waals surface area contributed by atoms with E-state index in [1.807, 2.05) is 7.05 Å². The minimum atomic E-state index is -0.882. The first kappa shape index (κ1) is 11.3. The van der Waals surface area contributed by atoms with Crippen molar-refractivity contribution in [3.63, 3.8) is 0 Å². The second-order valence-electron chi connectivity index (χ2n) is 4.18. The minimum Gasteiger partial charge on any atom is -0.465 e. The molecule has 1 aliphatic heterocycles. The highest BCUT2D eigenvalue weighted by atomic mass is 16.6. The smallest absolute Gasteiger partial charge is 0.407 e. The Morgan fingerprint density at radius 1 is 1.50 bits per heavy atom. The van der Waals surface area contributed by atoms with Crippen molar-refractivity contribution in [2.24, 2.45) is 0 Å². The van der Waals surface area contributed by atoms with Gasteiger partial charge in [-0.2, -0.15) is 0 Å². The Bertz CT molecular complexity index is 216. The summed E-state index contributed by atoms with van der Waals surface area (Å²) >= 11 is 0. The third kappa shape index (κ3) is 3.51. The fourth-order valence-electron chi connectivity index (χ4n) is 1.28. The number of hydrogen-bond acceptors (Lipinski definition) is 3. The number of carboxylic acid groups (broad SMARTS) is 1. The van der Waals surface area contributed by atoms with Crippen molar-refractivity contribution in [2.75, 3.05) is 40.3 Å². The molecule has 1 heterocycles. The van der Waals surface area contributed by atoms with Crippen LogP contribution in [-0.4, -0.2) is 66.9 Å². The van der Waals surface area contributed by atoms with Gasteiger partial charge in [0.2, 0.25) is 0 Å². The molecule has 0 aliphatic carbocycles. The van der Waals surface area contributed by atoms with E-state index >= 15 is 0 Å². The van der Waals surface area contributed by atoms with Gasteiger partial charge < -0.3 is 19.6 Å². The fraction of sp³-hybridized carbons (Fsp3) is 0.889. The number of amides is 1. The van der Waals surface area contributed by atoms with E-state index in [4.69, 9.17) is 9.84 Å². The number of likely N-dealkylation sites (N-methyl/N-ethyl adjacent to an activating group) is 2. The Morgan fingerprint density at radius 2 is 2.07 bits per heavy atom. The van der Waals surface area contributed by atoms with Crippen LogP contribution in [0, 0.1) is 0 Å². The molecule has 0 saturated carbocycles. The molecule has 1 aliphatic rings. The van der Waals surface area contributed by atoms with Crippen LogP contribution in [0.2, 0.25) is 0 Å². The monoisotopic (exact) mass is 202 g/mol. The fourth-order valence-corrected chi connectivity index (χ4v) is 1.28. The molecule has 0 aromatic rings. The van der Waals surface area contributed by atoms with Crippen molar-refractivity contribution in [2.45, 2.75) is 12.5 Å². The van der Waals surface area contributed by atoms with Crippen LogP contribution in [0.5, 0.6) is 0 Å². The average Bonchev–Trinajstić information content (AvgIpc) is 2.78. The molecule has 1 N–H and O–H groups in total. The number of hydrogen-bond donors (Lipinski definition) is 1. The molecule has 0 bridgehead atoms. The third-order valence-electron chi connectivity index (χ3n) is 2.39. The molecule has 5 nitrogen and oxygen atoms in total. The van der Waals surface area contributed by atoms with Crippen LogP contribution >= 0.6 is 0 Å². The molecule has 1 fully saturated rings. The number of rotatable bonds is 5. The topological polar surface area (TPSA) is 56.3 Å². The van der Waals surface area contributed by atoms with E-state index in [1.54, 1.807) is 7.05 Å². The van der Waals surface area contributed by atoms with Gasteiger partial charge in [0.15, 0.2) is 0 Å². The first-order valence-corrected chi connectivity index (χ1v) is 4.69. The van der Waals surface area contributed by atoms with Gasteiger partial charge in [-0.15, -0.1) is 0 Å². The summed E-state index contributed by atoms with van der Waals surface area (Å²) in [7, 11) is 3.55. The second-order valence-corrected chi connectivity index (χ2v) is 4.18. The predicted octanol–water partition coefficient (Wildman–Crippen LogP) is 0.317. The highest BCUT2D eigenvalue weighted by molar-refractivity contribution is 5.64. The molecular weight excluding hydrogens is 184 g/mol. The van der Waals surface area contributed by atoms with Crippen molar-refractivity contribution in [1.82, 2.24) is 9.80 Å². The predicted molar refractivity (Wildman–Crippen MR) is 52.5 cm³/mol. The van der Waals surface area contributed by atoms with Crippen molar-refractivity contribution in [1.29, 1.82) is 0 Å². The molecule has 0 radical (unpaired) electrons. The zero-order valence-corrected chi connectivity index (χ0v) is 8.99. The summed E-state index contributed by atoms with van der Waals surface area (Å²) in [6, 6.07) is 0. The molecule has 1 amide bonds. The SMILES string of the molecule is CN(CCN(C)C(=O)O)CC1(C)CO1. The molecule has 0 aromatic heterocycles. The maximum atomic E-state index is 10.5. The summed E-state index contributed by atoms with van der Waals surface area (Å²) in [4.78, 5) is 13.9. The zero-order chi connectivity index (χ0) is 10.8. The van der Waals surface area contributed by atoms with Gasteiger partial charge in [-0.1, -0.05) is 0 Å². The highest BCUT2D eigenvalue weighted by Crippen LogP contribution is 2.26. The molecule has 0 spiro atoms. The van der Waals surface area contributed by atoms with E-state index in [0.29, 0.717) is 6.54 Å². The molecule has 1 atom stereocenters. The van der Waals surface area contributed by atoms with Crippen LogP contribution in [0.25, 0.3) is 0 Å². The van der Waals surface area contributed by atoms with E-state index in [2.05, 4.69) is 11.8 Å². The van der Waals surface area contributed by atoms with Gasteiger partial charge in [0.25, 0.3) is 0 Å². The van der Waals surface area contributed by atoms with Crippen LogP contribution < -0.4 is 0 Å². The Kier molecular flexibility index (Phi) is 3.34.